The van der Waals surface area contributed by atoms with Crippen molar-refractivity contribution in [3.8, 4) is 11.7 Å². The molecular weight excluding hydrogens is 432 g/mol. The van der Waals surface area contributed by atoms with Gasteiger partial charge in [0.25, 0.3) is 5.91 Å². The summed E-state index contributed by atoms with van der Waals surface area (Å²) in [5, 5.41) is 15.1. The first kappa shape index (κ1) is 23.4. The maximum absolute atomic E-state index is 12.8. The largest absolute Gasteiger partial charge is 0.480 e. The highest BCUT2D eigenvalue weighted by Crippen LogP contribution is 2.16. The van der Waals surface area contributed by atoms with Gasteiger partial charge in [-0.25, -0.2) is 17.8 Å². The fourth-order valence-electron chi connectivity index (χ4n) is 3.11. The van der Waals surface area contributed by atoms with Crippen LogP contribution >= 0.6 is 0 Å². The van der Waals surface area contributed by atoms with E-state index in [0.717, 1.165) is 0 Å². The zero-order valence-corrected chi connectivity index (χ0v) is 19.2. The molecule has 1 amide bonds. The van der Waals surface area contributed by atoms with Crippen LogP contribution in [0.1, 0.15) is 42.4 Å². The van der Waals surface area contributed by atoms with E-state index in [2.05, 4.69) is 25.3 Å². The lowest BCUT2D eigenvalue weighted by molar-refractivity contribution is 0.0950. The summed E-state index contributed by atoms with van der Waals surface area (Å²) in [5.74, 6) is 0.533. The predicted molar refractivity (Wildman–Crippen MR) is 118 cm³/mol. The lowest BCUT2D eigenvalue weighted by atomic mass is 10.1. The SMILES string of the molecule is CCc1c(C(=O)NCc2cccc(S(=O)(=O)NC(C)C)c2)cnn1-c1ccc(OC)nn1. The Morgan fingerprint density at radius 3 is 2.59 bits per heavy atom. The summed E-state index contributed by atoms with van der Waals surface area (Å²) in [6.45, 7) is 5.59. The van der Waals surface area contributed by atoms with Crippen LogP contribution in [-0.2, 0) is 23.0 Å². The van der Waals surface area contributed by atoms with E-state index in [9.17, 15) is 13.2 Å². The van der Waals surface area contributed by atoms with Crippen LogP contribution in [0, 0.1) is 0 Å². The normalized spacial score (nSPS) is 11.5. The monoisotopic (exact) mass is 458 g/mol. The number of nitrogens with one attached hydrogen (secondary N) is 2. The number of hydrogen-bond acceptors (Lipinski definition) is 7. The van der Waals surface area contributed by atoms with Crippen LogP contribution < -0.4 is 14.8 Å². The van der Waals surface area contributed by atoms with Crippen LogP contribution in [0.15, 0.2) is 47.5 Å². The third-order valence-electron chi connectivity index (χ3n) is 4.55. The average Bonchev–Trinajstić information content (AvgIpc) is 3.21. The van der Waals surface area contributed by atoms with Gasteiger partial charge in [0.2, 0.25) is 15.9 Å². The van der Waals surface area contributed by atoms with Crippen LogP contribution in [-0.4, -0.2) is 47.5 Å². The van der Waals surface area contributed by atoms with Crippen LogP contribution in [0.3, 0.4) is 0 Å². The Balaban J connectivity index is 1.76. The summed E-state index contributed by atoms with van der Waals surface area (Å²) < 4.78 is 33.9. The molecule has 11 heteroatoms. The third kappa shape index (κ3) is 5.29. The molecule has 1 aromatic carbocycles. The molecule has 2 aromatic heterocycles. The molecule has 0 saturated carbocycles. The summed E-state index contributed by atoms with van der Waals surface area (Å²) in [6, 6.07) is 9.62. The fraction of sp³-hybridized carbons (Fsp3) is 0.333. The molecule has 3 rings (SSSR count). The molecule has 0 unspecified atom stereocenters. The number of hydrogen-bond donors (Lipinski definition) is 2. The first-order valence-corrected chi connectivity index (χ1v) is 11.6. The van der Waals surface area contributed by atoms with Crippen molar-refractivity contribution in [3.05, 3.63) is 59.4 Å². The van der Waals surface area contributed by atoms with Crippen molar-refractivity contribution >= 4 is 15.9 Å². The van der Waals surface area contributed by atoms with Gasteiger partial charge in [-0.05, 0) is 44.0 Å². The second-order valence-electron chi connectivity index (χ2n) is 7.31. The van der Waals surface area contributed by atoms with Crippen LogP contribution in [0.5, 0.6) is 5.88 Å². The Labute approximate surface area is 187 Å². The molecule has 0 bridgehead atoms. The average molecular weight is 459 g/mol. The molecule has 0 saturated heterocycles. The standard InChI is InChI=1S/C21H26N6O4S/c1-5-18-17(13-23-27(18)19-9-10-20(31-4)25-24-19)21(28)22-12-15-7-6-8-16(11-15)32(29,30)26-14(2)3/h6-11,13-14,26H,5,12H2,1-4H3,(H,22,28). The summed E-state index contributed by atoms with van der Waals surface area (Å²) in [5.41, 5.74) is 1.76. The van der Waals surface area contributed by atoms with Gasteiger partial charge < -0.3 is 10.1 Å². The molecule has 0 spiro atoms. The highest BCUT2D eigenvalue weighted by atomic mass is 32.2. The fourth-order valence-corrected chi connectivity index (χ4v) is 4.44. The molecule has 0 aliphatic rings. The Morgan fingerprint density at radius 1 is 1.19 bits per heavy atom. The lowest BCUT2D eigenvalue weighted by Gasteiger charge is -2.11. The van der Waals surface area contributed by atoms with Gasteiger partial charge in [-0.3, -0.25) is 4.79 Å². The van der Waals surface area contributed by atoms with Gasteiger partial charge >= 0.3 is 0 Å². The topological polar surface area (TPSA) is 128 Å². The minimum atomic E-state index is -3.61. The number of methoxy groups -OCH3 is 1. The third-order valence-corrected chi connectivity index (χ3v) is 6.21. The number of nitrogens with zero attached hydrogens (tertiary/aromatic N) is 4. The Hall–Kier alpha value is -3.31. The van der Waals surface area contributed by atoms with Crippen molar-refractivity contribution < 1.29 is 17.9 Å². The van der Waals surface area contributed by atoms with E-state index in [4.69, 9.17) is 4.74 Å². The maximum Gasteiger partial charge on any atom is 0.255 e. The number of carbonyl (C=O) groups excluding carboxylic acids is 1. The van der Waals surface area contributed by atoms with Gasteiger partial charge in [0.15, 0.2) is 5.82 Å². The molecule has 0 fully saturated rings. The predicted octanol–water partition coefficient (Wildman–Crippen LogP) is 1.85. The molecule has 170 valence electrons. The van der Waals surface area contributed by atoms with E-state index in [1.54, 1.807) is 48.9 Å². The van der Waals surface area contributed by atoms with Gasteiger partial charge in [0.05, 0.1) is 29.5 Å². The van der Waals surface area contributed by atoms with Gasteiger partial charge in [0, 0.05) is 18.7 Å². The number of ether oxygens (including phenoxy) is 1. The minimum Gasteiger partial charge on any atom is -0.480 e. The van der Waals surface area contributed by atoms with E-state index in [0.29, 0.717) is 34.9 Å². The molecule has 3 aromatic rings. The molecule has 2 N–H and O–H groups in total. The summed E-state index contributed by atoms with van der Waals surface area (Å²) >= 11 is 0. The second-order valence-corrected chi connectivity index (χ2v) is 9.02. The smallest absolute Gasteiger partial charge is 0.255 e. The first-order valence-electron chi connectivity index (χ1n) is 10.1. The zero-order chi connectivity index (χ0) is 23.3. The van der Waals surface area contributed by atoms with Gasteiger partial charge in [-0.15, -0.1) is 10.2 Å². The Morgan fingerprint density at radius 2 is 1.97 bits per heavy atom. The number of benzene rings is 1. The van der Waals surface area contributed by atoms with Crippen molar-refractivity contribution in [2.45, 2.75) is 44.7 Å². The minimum absolute atomic E-state index is 0.151. The number of sulfonamides is 1. The van der Waals surface area contributed by atoms with Gasteiger partial charge in [0.1, 0.15) is 0 Å². The highest BCUT2D eigenvalue weighted by Gasteiger charge is 2.19. The number of rotatable bonds is 9. The van der Waals surface area contributed by atoms with Crippen LogP contribution in [0.2, 0.25) is 0 Å². The Kier molecular flexibility index (Phi) is 7.21. The molecule has 2 heterocycles. The number of aromatic nitrogens is 4. The van der Waals surface area contributed by atoms with E-state index in [1.165, 1.54) is 19.4 Å². The maximum atomic E-state index is 12.8. The quantitative estimate of drug-likeness (QED) is 0.501. The van der Waals surface area contributed by atoms with Crippen molar-refractivity contribution in [2.24, 2.45) is 0 Å². The van der Waals surface area contributed by atoms with Gasteiger partial charge in [-0.2, -0.15) is 5.10 Å². The Bertz CT molecular complexity index is 1190. The van der Waals surface area contributed by atoms with E-state index >= 15 is 0 Å². The molecule has 32 heavy (non-hydrogen) atoms. The molecule has 0 radical (unpaired) electrons. The van der Waals surface area contributed by atoms with Gasteiger partial charge in [-0.1, -0.05) is 19.1 Å². The zero-order valence-electron chi connectivity index (χ0n) is 18.4. The molecule has 0 aliphatic carbocycles. The van der Waals surface area contributed by atoms with Crippen LogP contribution in [0.4, 0.5) is 0 Å². The summed E-state index contributed by atoms with van der Waals surface area (Å²) in [7, 11) is -2.11. The lowest BCUT2D eigenvalue weighted by Crippen LogP contribution is -2.30. The van der Waals surface area contributed by atoms with Crippen molar-refractivity contribution in [1.29, 1.82) is 0 Å². The van der Waals surface area contributed by atoms with Crippen molar-refractivity contribution in [1.82, 2.24) is 30.0 Å². The first-order chi connectivity index (χ1) is 15.2. The van der Waals surface area contributed by atoms with Crippen molar-refractivity contribution in [2.75, 3.05) is 7.11 Å². The highest BCUT2D eigenvalue weighted by molar-refractivity contribution is 7.89. The second kappa shape index (κ2) is 9.88. The molecule has 0 aliphatic heterocycles. The summed E-state index contributed by atoms with van der Waals surface area (Å²) in [4.78, 5) is 13.0. The van der Waals surface area contributed by atoms with E-state index < -0.39 is 10.0 Å². The van der Waals surface area contributed by atoms with Crippen LogP contribution in [0.25, 0.3) is 5.82 Å². The van der Waals surface area contributed by atoms with E-state index in [-0.39, 0.29) is 23.4 Å². The number of carbonyl (C=O) groups is 1. The summed E-state index contributed by atoms with van der Waals surface area (Å²) in [6.07, 6.45) is 2.03. The molecular formula is C21H26N6O4S. The molecule has 0 atom stereocenters. The van der Waals surface area contributed by atoms with Crippen molar-refractivity contribution in [3.63, 3.8) is 0 Å². The number of amides is 1. The molecule has 10 nitrogen and oxygen atoms in total. The van der Waals surface area contributed by atoms with E-state index in [1.807, 2.05) is 6.92 Å².